The number of likely N-dealkylation sites (N-methyl/N-ethyl adjacent to an activating group) is 1. The van der Waals surface area contributed by atoms with Crippen molar-refractivity contribution in [2.24, 2.45) is 5.73 Å². The second-order valence-corrected chi connectivity index (χ2v) is 4.21. The summed E-state index contributed by atoms with van der Waals surface area (Å²) in [6.45, 7) is 0. The third kappa shape index (κ3) is 2.71. The number of imidazole rings is 1. The number of amides is 1. The molecule has 0 aliphatic heterocycles. The third-order valence-electron chi connectivity index (χ3n) is 2.83. The van der Waals surface area contributed by atoms with Crippen LogP contribution in [0, 0.1) is 0 Å². The van der Waals surface area contributed by atoms with E-state index in [1.54, 1.807) is 31.6 Å². The van der Waals surface area contributed by atoms with Crippen molar-refractivity contribution < 1.29 is 14.7 Å². The summed E-state index contributed by atoms with van der Waals surface area (Å²) in [7, 11) is 1.56. The van der Waals surface area contributed by atoms with E-state index in [2.05, 4.69) is 9.97 Å². The number of aromatic amines is 1. The number of hydrogen-bond acceptors (Lipinski definition) is 4. The summed E-state index contributed by atoms with van der Waals surface area (Å²) in [4.78, 5) is 30.9. The molecule has 7 heteroatoms. The first-order valence-electron chi connectivity index (χ1n) is 5.67. The van der Waals surface area contributed by atoms with Gasteiger partial charge in [0.1, 0.15) is 0 Å². The number of rotatable bonds is 4. The van der Waals surface area contributed by atoms with Gasteiger partial charge in [0.05, 0.1) is 29.8 Å². The van der Waals surface area contributed by atoms with Crippen LogP contribution in [-0.2, 0) is 9.59 Å². The fraction of sp³-hybridized carbons (Fsp3) is 0.250. The Morgan fingerprint density at radius 3 is 2.95 bits per heavy atom. The molecule has 100 valence electrons. The number of hydrogen-bond donors (Lipinski definition) is 3. The van der Waals surface area contributed by atoms with Crippen LogP contribution < -0.4 is 10.6 Å². The number of nitrogens with one attached hydrogen (secondary N) is 1. The molecule has 1 aromatic carbocycles. The molecule has 2 aromatic rings. The quantitative estimate of drug-likeness (QED) is 0.735. The number of aliphatic carboxylic acids is 1. The molecule has 1 aromatic heterocycles. The molecular weight excluding hydrogens is 248 g/mol. The molecule has 0 saturated carbocycles. The summed E-state index contributed by atoms with van der Waals surface area (Å²) in [5.41, 5.74) is 7.77. The number of carboxylic acid groups (broad SMARTS) is 1. The van der Waals surface area contributed by atoms with Crippen molar-refractivity contribution in [2.75, 3.05) is 11.9 Å². The summed E-state index contributed by atoms with van der Waals surface area (Å²) < 4.78 is 0. The highest BCUT2D eigenvalue weighted by Gasteiger charge is 2.21. The van der Waals surface area contributed by atoms with Crippen LogP contribution in [0.5, 0.6) is 0 Å². The van der Waals surface area contributed by atoms with Gasteiger partial charge < -0.3 is 20.7 Å². The Labute approximate surface area is 109 Å². The second-order valence-electron chi connectivity index (χ2n) is 4.21. The van der Waals surface area contributed by atoms with E-state index in [0.29, 0.717) is 5.69 Å². The van der Waals surface area contributed by atoms with Crippen molar-refractivity contribution in [3.8, 4) is 0 Å². The van der Waals surface area contributed by atoms with Gasteiger partial charge in [-0.3, -0.25) is 9.59 Å². The summed E-state index contributed by atoms with van der Waals surface area (Å²) in [5, 5.41) is 8.63. The molecule has 0 bridgehead atoms. The number of benzene rings is 1. The Balaban J connectivity index is 2.20. The van der Waals surface area contributed by atoms with Crippen molar-refractivity contribution in [1.82, 2.24) is 9.97 Å². The first kappa shape index (κ1) is 13.0. The van der Waals surface area contributed by atoms with E-state index in [-0.39, 0.29) is 0 Å². The maximum absolute atomic E-state index is 12.0. The van der Waals surface area contributed by atoms with E-state index in [1.165, 1.54) is 4.90 Å². The van der Waals surface area contributed by atoms with Gasteiger partial charge in [0.2, 0.25) is 5.91 Å². The molecule has 1 heterocycles. The largest absolute Gasteiger partial charge is 0.481 e. The smallest absolute Gasteiger partial charge is 0.305 e. The van der Waals surface area contributed by atoms with Crippen molar-refractivity contribution in [3.05, 3.63) is 24.5 Å². The van der Waals surface area contributed by atoms with Gasteiger partial charge in [-0.15, -0.1) is 0 Å². The lowest BCUT2D eigenvalue weighted by molar-refractivity contribution is -0.139. The topological polar surface area (TPSA) is 112 Å². The molecule has 1 amide bonds. The normalized spacial score (nSPS) is 12.3. The van der Waals surface area contributed by atoms with Crippen molar-refractivity contribution in [1.29, 1.82) is 0 Å². The Morgan fingerprint density at radius 1 is 1.53 bits per heavy atom. The van der Waals surface area contributed by atoms with Crippen LogP contribution in [0.2, 0.25) is 0 Å². The predicted molar refractivity (Wildman–Crippen MR) is 69.7 cm³/mol. The van der Waals surface area contributed by atoms with Gasteiger partial charge in [0.15, 0.2) is 0 Å². The van der Waals surface area contributed by atoms with E-state index >= 15 is 0 Å². The van der Waals surface area contributed by atoms with Gasteiger partial charge in [-0.2, -0.15) is 0 Å². The van der Waals surface area contributed by atoms with E-state index in [1.807, 2.05) is 0 Å². The second kappa shape index (κ2) is 5.07. The maximum atomic E-state index is 12.0. The van der Waals surface area contributed by atoms with Gasteiger partial charge in [-0.25, -0.2) is 4.98 Å². The van der Waals surface area contributed by atoms with Crippen LogP contribution in [0.3, 0.4) is 0 Å². The van der Waals surface area contributed by atoms with E-state index in [0.717, 1.165) is 11.0 Å². The van der Waals surface area contributed by atoms with Crippen LogP contribution in [0.4, 0.5) is 5.69 Å². The Hall–Kier alpha value is -2.41. The minimum absolute atomic E-state index is 0.393. The number of aromatic nitrogens is 2. The molecule has 0 radical (unpaired) electrons. The highest BCUT2D eigenvalue weighted by atomic mass is 16.4. The van der Waals surface area contributed by atoms with Gasteiger partial charge >= 0.3 is 5.97 Å². The number of nitrogens with zero attached hydrogens (tertiary/aromatic N) is 2. The molecule has 0 aliphatic rings. The summed E-state index contributed by atoms with van der Waals surface area (Å²) in [6, 6.07) is 4.20. The van der Waals surface area contributed by atoms with E-state index < -0.39 is 24.3 Å². The number of carbonyl (C=O) groups is 2. The van der Waals surface area contributed by atoms with Gasteiger partial charge in [-0.1, -0.05) is 0 Å². The Bertz CT molecular complexity index is 622. The van der Waals surface area contributed by atoms with Crippen LogP contribution in [0.1, 0.15) is 6.42 Å². The number of carboxylic acids is 1. The zero-order valence-electron chi connectivity index (χ0n) is 10.3. The summed E-state index contributed by atoms with van der Waals surface area (Å²) in [6.07, 6.45) is 1.17. The molecule has 0 aliphatic carbocycles. The number of carbonyl (C=O) groups excluding carboxylic acids is 1. The highest BCUT2D eigenvalue weighted by molar-refractivity contribution is 5.99. The van der Waals surface area contributed by atoms with Crippen molar-refractivity contribution >= 4 is 28.6 Å². The molecule has 0 fully saturated rings. The lowest BCUT2D eigenvalue weighted by Crippen LogP contribution is -2.43. The summed E-state index contributed by atoms with van der Waals surface area (Å²) >= 11 is 0. The predicted octanol–water partition coefficient (Wildman–Crippen LogP) is 0.328. The van der Waals surface area contributed by atoms with E-state index in [4.69, 9.17) is 10.8 Å². The zero-order chi connectivity index (χ0) is 14.0. The van der Waals surface area contributed by atoms with Gasteiger partial charge in [0, 0.05) is 12.7 Å². The first-order valence-corrected chi connectivity index (χ1v) is 5.67. The molecule has 7 nitrogen and oxygen atoms in total. The lowest BCUT2D eigenvalue weighted by atomic mass is 10.2. The van der Waals surface area contributed by atoms with Crippen LogP contribution in [0.15, 0.2) is 24.5 Å². The van der Waals surface area contributed by atoms with Crippen LogP contribution in [0.25, 0.3) is 11.0 Å². The molecule has 4 N–H and O–H groups in total. The van der Waals surface area contributed by atoms with Gasteiger partial charge in [-0.05, 0) is 18.2 Å². The molecular formula is C12H14N4O3. The van der Waals surface area contributed by atoms with Crippen molar-refractivity contribution in [3.63, 3.8) is 0 Å². The minimum atomic E-state index is -1.10. The monoisotopic (exact) mass is 262 g/mol. The standard InChI is InChI=1S/C12H14N4O3/c1-16(12(19)8(13)5-11(17)18)7-2-3-9-10(4-7)15-6-14-9/h2-4,6,8H,5,13H2,1H3,(H,14,15)(H,17,18). The van der Waals surface area contributed by atoms with Gasteiger partial charge in [0.25, 0.3) is 0 Å². The Morgan fingerprint density at radius 2 is 2.26 bits per heavy atom. The maximum Gasteiger partial charge on any atom is 0.305 e. The van der Waals surface area contributed by atoms with Crippen LogP contribution in [-0.4, -0.2) is 40.0 Å². The first-order chi connectivity index (χ1) is 8.99. The number of anilines is 1. The van der Waals surface area contributed by atoms with Crippen LogP contribution >= 0.6 is 0 Å². The fourth-order valence-electron chi connectivity index (χ4n) is 1.78. The number of nitrogens with two attached hydrogens (primary N) is 1. The molecule has 2 rings (SSSR count). The minimum Gasteiger partial charge on any atom is -0.481 e. The molecule has 19 heavy (non-hydrogen) atoms. The molecule has 1 unspecified atom stereocenters. The third-order valence-corrected chi connectivity index (χ3v) is 2.83. The summed E-state index contributed by atoms with van der Waals surface area (Å²) in [5.74, 6) is -1.54. The van der Waals surface area contributed by atoms with E-state index in [9.17, 15) is 9.59 Å². The number of fused-ring (bicyclic) bond motifs is 1. The molecule has 0 saturated heterocycles. The molecule has 1 atom stereocenters. The fourth-order valence-corrected chi connectivity index (χ4v) is 1.78. The molecule has 0 spiro atoms. The average Bonchev–Trinajstić information content (AvgIpc) is 2.83. The lowest BCUT2D eigenvalue weighted by Gasteiger charge is -2.20. The zero-order valence-corrected chi connectivity index (χ0v) is 10.3. The highest BCUT2D eigenvalue weighted by Crippen LogP contribution is 2.19. The average molecular weight is 262 g/mol. The Kier molecular flexibility index (Phi) is 3.48. The SMILES string of the molecule is CN(C(=O)C(N)CC(=O)O)c1ccc2nc[nH]c2c1. The number of H-pyrrole nitrogens is 1. The van der Waals surface area contributed by atoms with Crippen molar-refractivity contribution in [2.45, 2.75) is 12.5 Å².